The minimum atomic E-state index is -1.33. The van der Waals surface area contributed by atoms with E-state index in [2.05, 4.69) is 26.1 Å². The molecule has 7 nitrogen and oxygen atoms in total. The second-order valence-corrected chi connectivity index (χ2v) is 3.21. The molecule has 0 fully saturated rings. The molecule has 0 aliphatic heterocycles. The molecule has 1 heterocycles. The van der Waals surface area contributed by atoms with Crippen LogP contribution in [-0.4, -0.2) is 32.3 Å². The van der Waals surface area contributed by atoms with Crippen LogP contribution in [0.15, 0.2) is 4.47 Å². The Morgan fingerprint density at radius 3 is 2.43 bits per heavy atom. The van der Waals surface area contributed by atoms with Crippen LogP contribution in [0.4, 0.5) is 0 Å². The third kappa shape index (κ3) is 1.75. The van der Waals surface area contributed by atoms with Gasteiger partial charge in [-0.05, 0) is 15.9 Å². The van der Waals surface area contributed by atoms with E-state index in [-0.39, 0.29) is 15.9 Å². The first-order valence-corrected chi connectivity index (χ1v) is 4.20. The maximum Gasteiger partial charge on any atom is 0.357 e. The summed E-state index contributed by atoms with van der Waals surface area (Å²) >= 11 is 2.90. The van der Waals surface area contributed by atoms with Crippen molar-refractivity contribution in [2.75, 3.05) is 0 Å². The summed E-state index contributed by atoms with van der Waals surface area (Å²) in [4.78, 5) is 21.0. The van der Waals surface area contributed by atoms with Crippen molar-refractivity contribution >= 4 is 27.9 Å². The summed E-state index contributed by atoms with van der Waals surface area (Å²) in [6.07, 6.45) is 0. The Balaban J connectivity index is 3.13. The second kappa shape index (κ2) is 3.76. The van der Waals surface area contributed by atoms with E-state index in [0.717, 1.165) is 0 Å². The van der Waals surface area contributed by atoms with Crippen LogP contribution in [0.25, 0.3) is 0 Å². The predicted molar refractivity (Wildman–Crippen MR) is 47.8 cm³/mol. The Bertz CT molecular complexity index is 388. The molecule has 1 rings (SSSR count). The zero-order valence-corrected chi connectivity index (χ0v) is 8.28. The number of hydrogen-bond acceptors (Lipinski definition) is 4. The average molecular weight is 264 g/mol. The normalized spacial score (nSPS) is 12.4. The van der Waals surface area contributed by atoms with Gasteiger partial charge in [-0.15, -0.1) is 0 Å². The van der Waals surface area contributed by atoms with Gasteiger partial charge in [0, 0.05) is 0 Å². The first kappa shape index (κ1) is 10.7. The lowest BCUT2D eigenvalue weighted by atomic mass is 10.2. The number of H-pyrrole nitrogens is 1. The second-order valence-electron chi connectivity index (χ2n) is 2.42. The van der Waals surface area contributed by atoms with Crippen molar-refractivity contribution in [3.63, 3.8) is 0 Å². The standard InChI is InChI=1S/C6H6BrN3O4/c7-1-3(2(8)5(11)12)9-10-4(1)6(13)14/h2H,8H2,(H,9,10)(H,11,12)(H,13,14). The van der Waals surface area contributed by atoms with Crippen LogP contribution in [0, 0.1) is 0 Å². The molecule has 0 amide bonds. The van der Waals surface area contributed by atoms with E-state index >= 15 is 0 Å². The summed E-state index contributed by atoms with van der Waals surface area (Å²) in [5.74, 6) is -2.54. The Kier molecular flexibility index (Phi) is 2.87. The third-order valence-electron chi connectivity index (χ3n) is 1.51. The summed E-state index contributed by atoms with van der Waals surface area (Å²) < 4.78 is 0.0555. The number of nitrogens with two attached hydrogens (primary N) is 1. The van der Waals surface area contributed by atoms with Crippen molar-refractivity contribution in [1.29, 1.82) is 0 Å². The molecule has 14 heavy (non-hydrogen) atoms. The number of carbonyl (C=O) groups is 2. The minimum Gasteiger partial charge on any atom is -0.480 e. The summed E-state index contributed by atoms with van der Waals surface area (Å²) in [7, 11) is 0. The van der Waals surface area contributed by atoms with Gasteiger partial charge in [-0.25, -0.2) is 4.79 Å². The number of halogens is 1. The number of nitrogens with one attached hydrogen (secondary N) is 1. The van der Waals surface area contributed by atoms with Crippen LogP contribution < -0.4 is 5.73 Å². The molecule has 0 saturated heterocycles. The fraction of sp³-hybridized carbons (Fsp3) is 0.167. The van der Waals surface area contributed by atoms with Crippen LogP contribution in [0.5, 0.6) is 0 Å². The highest BCUT2D eigenvalue weighted by Gasteiger charge is 2.24. The lowest BCUT2D eigenvalue weighted by molar-refractivity contribution is -0.138. The van der Waals surface area contributed by atoms with Crippen LogP contribution in [0.3, 0.4) is 0 Å². The molecule has 8 heteroatoms. The number of aromatic nitrogens is 2. The van der Waals surface area contributed by atoms with Crippen molar-refractivity contribution in [3.8, 4) is 0 Å². The monoisotopic (exact) mass is 263 g/mol. The molecule has 1 aromatic rings. The Hall–Kier alpha value is -1.41. The van der Waals surface area contributed by atoms with Crippen LogP contribution in [0.2, 0.25) is 0 Å². The van der Waals surface area contributed by atoms with Gasteiger partial charge >= 0.3 is 11.9 Å². The van der Waals surface area contributed by atoms with Crippen molar-refractivity contribution in [2.24, 2.45) is 5.73 Å². The molecule has 0 spiro atoms. The molecular weight excluding hydrogens is 258 g/mol. The molecule has 0 aliphatic rings. The van der Waals surface area contributed by atoms with E-state index in [0.29, 0.717) is 0 Å². The van der Waals surface area contributed by atoms with Crippen molar-refractivity contribution in [3.05, 3.63) is 15.9 Å². The van der Waals surface area contributed by atoms with Gasteiger partial charge in [0.2, 0.25) is 0 Å². The molecule has 1 atom stereocenters. The van der Waals surface area contributed by atoms with Crippen molar-refractivity contribution in [1.82, 2.24) is 10.2 Å². The van der Waals surface area contributed by atoms with Gasteiger partial charge in [-0.2, -0.15) is 5.10 Å². The maximum absolute atomic E-state index is 10.5. The largest absolute Gasteiger partial charge is 0.480 e. The zero-order chi connectivity index (χ0) is 10.9. The summed E-state index contributed by atoms with van der Waals surface area (Å²) in [5.41, 5.74) is 4.99. The maximum atomic E-state index is 10.5. The van der Waals surface area contributed by atoms with Crippen LogP contribution in [0.1, 0.15) is 22.2 Å². The van der Waals surface area contributed by atoms with Crippen molar-refractivity contribution < 1.29 is 19.8 Å². The molecule has 0 saturated carbocycles. The Morgan fingerprint density at radius 1 is 1.50 bits per heavy atom. The summed E-state index contributed by atoms with van der Waals surface area (Å²) in [6, 6.07) is -1.33. The quantitative estimate of drug-likeness (QED) is 0.605. The first-order valence-electron chi connectivity index (χ1n) is 3.40. The van der Waals surface area contributed by atoms with E-state index in [4.69, 9.17) is 15.9 Å². The molecule has 1 aromatic heterocycles. The molecule has 1 unspecified atom stereocenters. The lowest BCUT2D eigenvalue weighted by Gasteiger charge is -2.02. The number of aliphatic carboxylic acids is 1. The fourth-order valence-electron chi connectivity index (χ4n) is 0.813. The number of aromatic amines is 1. The van der Waals surface area contributed by atoms with Crippen molar-refractivity contribution in [2.45, 2.75) is 6.04 Å². The van der Waals surface area contributed by atoms with E-state index < -0.39 is 18.0 Å². The summed E-state index contributed by atoms with van der Waals surface area (Å²) in [5, 5.41) is 22.8. The smallest absolute Gasteiger partial charge is 0.357 e. The van der Waals surface area contributed by atoms with Gasteiger partial charge < -0.3 is 15.9 Å². The molecule has 0 aromatic carbocycles. The molecule has 5 N–H and O–H groups in total. The number of aromatic carboxylic acids is 1. The minimum absolute atomic E-state index is 0.0231. The molecule has 0 bridgehead atoms. The molecule has 0 aliphatic carbocycles. The third-order valence-corrected chi connectivity index (χ3v) is 2.31. The highest BCUT2D eigenvalue weighted by atomic mass is 79.9. The van der Waals surface area contributed by atoms with Gasteiger partial charge in [-0.3, -0.25) is 9.89 Å². The number of rotatable bonds is 3. The SMILES string of the molecule is NC(C(=O)O)c1[nH]nc(C(=O)O)c1Br. The number of carboxylic acids is 2. The number of nitrogens with zero attached hydrogens (tertiary/aromatic N) is 1. The Labute approximate surface area is 86.0 Å². The molecule has 76 valence electrons. The average Bonchev–Trinajstić information content (AvgIpc) is 2.45. The predicted octanol–water partition coefficient (Wildman–Crippen LogP) is -0.0452. The number of hydrogen-bond donors (Lipinski definition) is 4. The highest BCUT2D eigenvalue weighted by Crippen LogP contribution is 2.23. The van der Waals surface area contributed by atoms with Gasteiger partial charge in [0.1, 0.15) is 6.04 Å². The highest BCUT2D eigenvalue weighted by molar-refractivity contribution is 9.10. The van der Waals surface area contributed by atoms with E-state index in [1.54, 1.807) is 0 Å². The Morgan fingerprint density at radius 2 is 2.07 bits per heavy atom. The van der Waals surface area contributed by atoms with Crippen LogP contribution >= 0.6 is 15.9 Å². The fourth-order valence-corrected chi connectivity index (χ4v) is 1.41. The molecule has 0 radical (unpaired) electrons. The van der Waals surface area contributed by atoms with Crippen LogP contribution in [-0.2, 0) is 4.79 Å². The lowest BCUT2D eigenvalue weighted by Crippen LogP contribution is -2.21. The first-order chi connectivity index (χ1) is 6.45. The number of carboxylic acid groups (broad SMARTS) is 2. The zero-order valence-electron chi connectivity index (χ0n) is 6.69. The van der Waals surface area contributed by atoms with E-state index in [9.17, 15) is 9.59 Å². The summed E-state index contributed by atoms with van der Waals surface area (Å²) in [6.45, 7) is 0. The topological polar surface area (TPSA) is 129 Å². The van der Waals surface area contributed by atoms with Gasteiger partial charge in [-0.1, -0.05) is 0 Å². The molecular formula is C6H6BrN3O4. The van der Waals surface area contributed by atoms with Gasteiger partial charge in [0.05, 0.1) is 10.2 Å². The van der Waals surface area contributed by atoms with E-state index in [1.807, 2.05) is 0 Å². The van der Waals surface area contributed by atoms with Gasteiger partial charge in [0.15, 0.2) is 5.69 Å². The van der Waals surface area contributed by atoms with Gasteiger partial charge in [0.25, 0.3) is 0 Å². The van der Waals surface area contributed by atoms with E-state index in [1.165, 1.54) is 0 Å².